The fraction of sp³-hybridized carbons (Fsp3) is 0.250. The number of anilines is 1. The molecule has 0 spiro atoms. The molecule has 0 aliphatic rings. The second-order valence-corrected chi connectivity index (χ2v) is 5.90. The molecule has 0 amide bonds. The first-order valence-corrected chi connectivity index (χ1v) is 8.61. The predicted octanol–water partition coefficient (Wildman–Crippen LogP) is 3.88. The highest BCUT2D eigenvalue weighted by Crippen LogP contribution is 2.28. The van der Waals surface area contributed by atoms with Gasteiger partial charge in [-0.1, -0.05) is 23.4 Å². The molecule has 26 heavy (non-hydrogen) atoms. The van der Waals surface area contributed by atoms with Crippen LogP contribution < -0.4 is 10.1 Å². The largest absolute Gasteiger partial charge is 0.494 e. The van der Waals surface area contributed by atoms with Gasteiger partial charge in [-0.15, -0.1) is 0 Å². The van der Waals surface area contributed by atoms with E-state index >= 15 is 0 Å². The standard InChI is InChI=1S/C20H22N4O2/c1-26-19-10-5-9-17-18(11-13-22-20(17)19)21-12-3-2-6-15-7-4-8-16(24-15)14-23-25/h4-5,7-11,13-14,25H,2-3,6,12H2,1H3,(H,21,22)/b23-14+. The van der Waals surface area contributed by atoms with Gasteiger partial charge in [0.05, 0.1) is 19.0 Å². The molecule has 0 fully saturated rings. The summed E-state index contributed by atoms with van der Waals surface area (Å²) in [6.45, 7) is 0.869. The highest BCUT2D eigenvalue weighted by Gasteiger charge is 2.06. The molecule has 2 aromatic heterocycles. The van der Waals surface area contributed by atoms with Crippen molar-refractivity contribution in [2.24, 2.45) is 5.16 Å². The molecule has 0 bridgehead atoms. The van der Waals surface area contributed by atoms with Crippen molar-refractivity contribution in [3.8, 4) is 5.75 Å². The van der Waals surface area contributed by atoms with E-state index in [1.165, 1.54) is 6.21 Å². The van der Waals surface area contributed by atoms with Gasteiger partial charge in [0.1, 0.15) is 11.3 Å². The summed E-state index contributed by atoms with van der Waals surface area (Å²) in [7, 11) is 1.66. The third-order valence-electron chi connectivity index (χ3n) is 4.15. The highest BCUT2D eigenvalue weighted by molar-refractivity contribution is 5.94. The van der Waals surface area contributed by atoms with E-state index in [-0.39, 0.29) is 0 Å². The van der Waals surface area contributed by atoms with Gasteiger partial charge in [0.2, 0.25) is 0 Å². The Labute approximate surface area is 152 Å². The Kier molecular flexibility index (Phi) is 5.98. The zero-order valence-corrected chi connectivity index (χ0v) is 14.7. The van der Waals surface area contributed by atoms with E-state index < -0.39 is 0 Å². The van der Waals surface area contributed by atoms with Crippen LogP contribution in [-0.4, -0.2) is 35.0 Å². The van der Waals surface area contributed by atoms with Crippen LogP contribution in [0.3, 0.4) is 0 Å². The molecule has 0 saturated carbocycles. The first-order valence-electron chi connectivity index (χ1n) is 8.61. The number of benzene rings is 1. The second kappa shape index (κ2) is 8.80. The van der Waals surface area contributed by atoms with Crippen LogP contribution in [0.25, 0.3) is 10.9 Å². The summed E-state index contributed by atoms with van der Waals surface area (Å²) in [6.07, 6.45) is 6.07. The number of nitrogens with one attached hydrogen (secondary N) is 1. The Morgan fingerprint density at radius 2 is 2.04 bits per heavy atom. The van der Waals surface area contributed by atoms with Crippen LogP contribution in [0.5, 0.6) is 5.75 Å². The minimum absolute atomic E-state index is 0.667. The average Bonchev–Trinajstić information content (AvgIpc) is 2.68. The third kappa shape index (κ3) is 4.27. The van der Waals surface area contributed by atoms with Crippen molar-refractivity contribution in [1.82, 2.24) is 9.97 Å². The maximum atomic E-state index is 8.58. The zero-order chi connectivity index (χ0) is 18.2. The number of ether oxygens (including phenoxy) is 1. The summed E-state index contributed by atoms with van der Waals surface area (Å²) in [6, 6.07) is 13.7. The molecule has 2 heterocycles. The first-order chi connectivity index (χ1) is 12.8. The van der Waals surface area contributed by atoms with Crippen molar-refractivity contribution in [1.29, 1.82) is 0 Å². The maximum absolute atomic E-state index is 8.58. The van der Waals surface area contributed by atoms with Crippen molar-refractivity contribution in [2.45, 2.75) is 19.3 Å². The summed E-state index contributed by atoms with van der Waals surface area (Å²) in [5, 5.41) is 16.1. The molecule has 0 saturated heterocycles. The Morgan fingerprint density at radius 1 is 1.15 bits per heavy atom. The van der Waals surface area contributed by atoms with Gasteiger partial charge in [0.25, 0.3) is 0 Å². The van der Waals surface area contributed by atoms with E-state index in [0.29, 0.717) is 5.69 Å². The number of hydrogen-bond acceptors (Lipinski definition) is 6. The lowest BCUT2D eigenvalue weighted by Gasteiger charge is -2.11. The molecular weight excluding hydrogens is 328 g/mol. The molecule has 0 unspecified atom stereocenters. The van der Waals surface area contributed by atoms with Gasteiger partial charge >= 0.3 is 0 Å². The van der Waals surface area contributed by atoms with Gasteiger partial charge in [-0.05, 0) is 43.5 Å². The minimum atomic E-state index is 0.667. The van der Waals surface area contributed by atoms with Crippen molar-refractivity contribution >= 4 is 22.8 Å². The zero-order valence-electron chi connectivity index (χ0n) is 14.7. The number of hydrogen-bond donors (Lipinski definition) is 2. The number of aromatic nitrogens is 2. The third-order valence-corrected chi connectivity index (χ3v) is 4.15. The lowest BCUT2D eigenvalue weighted by molar-refractivity contribution is 0.321. The van der Waals surface area contributed by atoms with Crippen LogP contribution in [-0.2, 0) is 6.42 Å². The Balaban J connectivity index is 1.54. The van der Waals surface area contributed by atoms with Gasteiger partial charge in [-0.3, -0.25) is 9.97 Å². The van der Waals surface area contributed by atoms with Crippen molar-refractivity contribution in [2.75, 3.05) is 19.0 Å². The Morgan fingerprint density at radius 3 is 2.88 bits per heavy atom. The number of unbranched alkanes of at least 4 members (excludes halogenated alkanes) is 1. The number of aryl methyl sites for hydroxylation is 1. The molecule has 3 rings (SSSR count). The summed E-state index contributed by atoms with van der Waals surface area (Å²) in [4.78, 5) is 8.84. The van der Waals surface area contributed by atoms with Crippen LogP contribution >= 0.6 is 0 Å². The molecule has 1 aromatic carbocycles. The SMILES string of the molecule is COc1cccc2c(NCCCCc3cccc(/C=N/O)n3)ccnc12. The number of nitrogens with zero attached hydrogens (tertiary/aromatic N) is 3. The summed E-state index contributed by atoms with van der Waals surface area (Å²) in [5.41, 5.74) is 3.60. The predicted molar refractivity (Wildman–Crippen MR) is 103 cm³/mol. The summed E-state index contributed by atoms with van der Waals surface area (Å²) < 4.78 is 5.38. The van der Waals surface area contributed by atoms with Gasteiger partial charge in [0.15, 0.2) is 0 Å². The van der Waals surface area contributed by atoms with Gasteiger partial charge in [-0.25, -0.2) is 0 Å². The van der Waals surface area contributed by atoms with E-state index in [0.717, 1.165) is 53.8 Å². The number of fused-ring (bicyclic) bond motifs is 1. The molecule has 0 radical (unpaired) electrons. The lowest BCUT2D eigenvalue weighted by Crippen LogP contribution is -2.04. The minimum Gasteiger partial charge on any atom is -0.494 e. The number of rotatable bonds is 8. The molecule has 2 N–H and O–H groups in total. The van der Waals surface area contributed by atoms with Crippen molar-refractivity contribution in [3.05, 3.63) is 60.0 Å². The van der Waals surface area contributed by atoms with E-state index in [9.17, 15) is 0 Å². The lowest BCUT2D eigenvalue weighted by atomic mass is 10.1. The Bertz CT molecular complexity index is 896. The first kappa shape index (κ1) is 17.7. The molecule has 0 aliphatic carbocycles. The summed E-state index contributed by atoms with van der Waals surface area (Å²) >= 11 is 0. The van der Waals surface area contributed by atoms with Crippen LogP contribution in [0.15, 0.2) is 53.8 Å². The van der Waals surface area contributed by atoms with Crippen LogP contribution in [0.1, 0.15) is 24.2 Å². The molecule has 3 aromatic rings. The highest BCUT2D eigenvalue weighted by atomic mass is 16.5. The van der Waals surface area contributed by atoms with Crippen LogP contribution in [0.4, 0.5) is 5.69 Å². The molecule has 6 heteroatoms. The average molecular weight is 350 g/mol. The number of para-hydroxylation sites is 1. The van der Waals surface area contributed by atoms with E-state index in [1.54, 1.807) is 13.3 Å². The second-order valence-electron chi connectivity index (χ2n) is 5.90. The van der Waals surface area contributed by atoms with Crippen LogP contribution in [0.2, 0.25) is 0 Å². The molecule has 134 valence electrons. The van der Waals surface area contributed by atoms with Gasteiger partial charge in [-0.2, -0.15) is 0 Å². The molecule has 6 nitrogen and oxygen atoms in total. The van der Waals surface area contributed by atoms with E-state index in [2.05, 4.69) is 20.4 Å². The number of pyridine rings is 2. The monoisotopic (exact) mass is 350 g/mol. The molecular formula is C20H22N4O2. The fourth-order valence-corrected chi connectivity index (χ4v) is 2.89. The van der Waals surface area contributed by atoms with Crippen molar-refractivity contribution in [3.63, 3.8) is 0 Å². The number of methoxy groups -OCH3 is 1. The van der Waals surface area contributed by atoms with Crippen LogP contribution in [0, 0.1) is 0 Å². The van der Waals surface area contributed by atoms with Crippen molar-refractivity contribution < 1.29 is 9.94 Å². The van der Waals surface area contributed by atoms with E-state index in [1.807, 2.05) is 42.5 Å². The van der Waals surface area contributed by atoms with E-state index in [4.69, 9.17) is 9.94 Å². The fourth-order valence-electron chi connectivity index (χ4n) is 2.89. The maximum Gasteiger partial charge on any atom is 0.145 e. The Hall–Kier alpha value is -3.15. The smallest absolute Gasteiger partial charge is 0.145 e. The van der Waals surface area contributed by atoms with Gasteiger partial charge < -0.3 is 15.3 Å². The van der Waals surface area contributed by atoms with Gasteiger partial charge in [0, 0.05) is 29.5 Å². The number of oxime groups is 1. The normalized spacial score (nSPS) is 11.1. The summed E-state index contributed by atoms with van der Waals surface area (Å²) in [5.74, 6) is 0.781. The molecule has 0 atom stereocenters. The quantitative estimate of drug-likeness (QED) is 0.279. The topological polar surface area (TPSA) is 79.6 Å². The molecule has 0 aliphatic heterocycles.